The third-order valence-corrected chi connectivity index (χ3v) is 6.35. The Bertz CT molecular complexity index is 1080. The van der Waals surface area contributed by atoms with Gasteiger partial charge in [0, 0.05) is 51.8 Å². The predicted molar refractivity (Wildman–Crippen MR) is 118 cm³/mol. The molecule has 0 saturated carbocycles. The number of carbonyl (C=O) groups is 2. The summed E-state index contributed by atoms with van der Waals surface area (Å²) in [4.78, 5) is 36.4. The van der Waals surface area contributed by atoms with Gasteiger partial charge in [0.25, 0.3) is 0 Å². The van der Waals surface area contributed by atoms with Gasteiger partial charge in [-0.1, -0.05) is 24.6 Å². The molecule has 0 unspecified atom stereocenters. The summed E-state index contributed by atoms with van der Waals surface area (Å²) in [5, 5.41) is 0.276. The van der Waals surface area contributed by atoms with Gasteiger partial charge in [-0.3, -0.25) is 19.5 Å². The molecule has 8 heteroatoms. The summed E-state index contributed by atoms with van der Waals surface area (Å²) >= 11 is 6.08. The number of carbonyl (C=O) groups excluding carboxylic acids is 2. The summed E-state index contributed by atoms with van der Waals surface area (Å²) in [5.74, 6) is -0.830. The Kier molecular flexibility index (Phi) is 6.16. The fraction of sp³-hybridized carbons (Fsp3) is 0.391. The number of hydrogen-bond donors (Lipinski definition) is 0. The van der Waals surface area contributed by atoms with Crippen molar-refractivity contribution in [2.24, 2.45) is 0 Å². The monoisotopic (exact) mass is 442 g/mol. The number of piperazine rings is 1. The highest BCUT2D eigenvalue weighted by molar-refractivity contribution is 6.46. The summed E-state index contributed by atoms with van der Waals surface area (Å²) < 4.78 is 14.5. The van der Waals surface area contributed by atoms with Crippen molar-refractivity contribution in [2.45, 2.75) is 33.2 Å². The molecule has 2 aliphatic rings. The van der Waals surface area contributed by atoms with E-state index in [9.17, 15) is 14.0 Å². The number of rotatable bonds is 5. The van der Waals surface area contributed by atoms with Crippen LogP contribution in [0.1, 0.15) is 47.6 Å². The average Bonchev–Trinajstić information content (AvgIpc) is 2.77. The largest absolute Gasteiger partial charge is 0.365 e. The summed E-state index contributed by atoms with van der Waals surface area (Å²) in [6, 6.07) is 5.28. The van der Waals surface area contributed by atoms with Crippen LogP contribution in [0.3, 0.4) is 0 Å². The Morgan fingerprint density at radius 2 is 1.97 bits per heavy atom. The number of halogens is 2. The molecule has 3 heterocycles. The molecular weight excluding hydrogens is 419 g/mol. The fourth-order valence-corrected chi connectivity index (χ4v) is 4.24. The zero-order valence-corrected chi connectivity index (χ0v) is 18.4. The van der Waals surface area contributed by atoms with Gasteiger partial charge in [-0.25, -0.2) is 4.98 Å². The first-order valence-electron chi connectivity index (χ1n) is 10.4. The Balaban J connectivity index is 1.40. The molecule has 0 aromatic carbocycles. The van der Waals surface area contributed by atoms with Gasteiger partial charge in [-0.2, -0.15) is 4.39 Å². The molecule has 0 radical (unpaired) electrons. The third-order valence-electron chi connectivity index (χ3n) is 5.86. The summed E-state index contributed by atoms with van der Waals surface area (Å²) in [6.45, 7) is 7.11. The van der Waals surface area contributed by atoms with E-state index in [0.717, 1.165) is 35.5 Å². The second-order valence-corrected chi connectivity index (χ2v) is 8.31. The molecule has 6 nitrogen and oxygen atoms in total. The number of pyridine rings is 2. The van der Waals surface area contributed by atoms with Crippen molar-refractivity contribution in [3.63, 3.8) is 0 Å². The second-order valence-electron chi connectivity index (χ2n) is 7.94. The van der Waals surface area contributed by atoms with Gasteiger partial charge in [0.2, 0.25) is 5.95 Å². The fourth-order valence-electron chi connectivity index (χ4n) is 4.09. The lowest BCUT2D eigenvalue weighted by Crippen LogP contribution is -2.46. The van der Waals surface area contributed by atoms with E-state index in [1.807, 2.05) is 24.1 Å². The van der Waals surface area contributed by atoms with Gasteiger partial charge < -0.3 is 4.90 Å². The van der Waals surface area contributed by atoms with Crippen LogP contribution in [0.4, 0.5) is 10.1 Å². The van der Waals surface area contributed by atoms with Crippen molar-refractivity contribution in [3.05, 3.63) is 57.9 Å². The number of fused-ring (bicyclic) bond motifs is 1. The van der Waals surface area contributed by atoms with Crippen molar-refractivity contribution in [2.75, 3.05) is 31.1 Å². The maximum Gasteiger partial charge on any atom is 0.237 e. The van der Waals surface area contributed by atoms with Crippen molar-refractivity contribution >= 4 is 34.4 Å². The minimum absolute atomic E-state index is 0.0680. The SMILES string of the molecule is CCC(=O)c1ccc(N2CCN(Cc3cnc4c(c3)CC(=O)C(Cl)=C4C)CC2)c(F)n1. The average molecular weight is 443 g/mol. The van der Waals surface area contributed by atoms with E-state index in [1.54, 1.807) is 19.1 Å². The Labute approximate surface area is 185 Å². The lowest BCUT2D eigenvalue weighted by molar-refractivity contribution is -0.114. The van der Waals surface area contributed by atoms with E-state index < -0.39 is 5.95 Å². The first kappa shape index (κ1) is 21.6. The highest BCUT2D eigenvalue weighted by atomic mass is 35.5. The maximum absolute atomic E-state index is 14.5. The number of aromatic nitrogens is 2. The first-order valence-corrected chi connectivity index (χ1v) is 10.8. The highest BCUT2D eigenvalue weighted by Gasteiger charge is 2.24. The van der Waals surface area contributed by atoms with Crippen LogP contribution in [-0.2, 0) is 17.8 Å². The summed E-state index contributed by atoms with van der Waals surface area (Å²) in [6.07, 6.45) is 2.42. The van der Waals surface area contributed by atoms with E-state index >= 15 is 0 Å². The Hall–Kier alpha value is -2.64. The molecule has 1 fully saturated rings. The molecule has 1 saturated heterocycles. The molecule has 0 bridgehead atoms. The molecule has 2 aromatic rings. The highest BCUT2D eigenvalue weighted by Crippen LogP contribution is 2.30. The number of anilines is 1. The minimum atomic E-state index is -0.599. The summed E-state index contributed by atoms with van der Waals surface area (Å²) in [5.41, 5.74) is 4.09. The quantitative estimate of drug-likeness (QED) is 0.520. The van der Waals surface area contributed by atoms with E-state index in [4.69, 9.17) is 11.6 Å². The Morgan fingerprint density at radius 1 is 1.23 bits per heavy atom. The van der Waals surface area contributed by atoms with Crippen molar-refractivity contribution in [3.8, 4) is 0 Å². The zero-order valence-electron chi connectivity index (χ0n) is 17.6. The molecule has 4 rings (SSSR count). The molecule has 1 aliphatic heterocycles. The van der Waals surface area contributed by atoms with Gasteiger partial charge in [-0.15, -0.1) is 0 Å². The standard InChI is InChI=1S/C23H24ClFN4O2/c1-3-19(30)17-4-5-18(23(25)27-17)29-8-6-28(7-9-29)13-15-10-16-11-20(31)21(24)14(2)22(16)26-12-15/h4-5,10,12H,3,6-9,11,13H2,1-2H3. The zero-order chi connectivity index (χ0) is 22.1. The molecule has 0 amide bonds. The van der Waals surface area contributed by atoms with Gasteiger partial charge in [0.15, 0.2) is 11.6 Å². The van der Waals surface area contributed by atoms with Crippen LogP contribution >= 0.6 is 11.6 Å². The van der Waals surface area contributed by atoms with Crippen molar-refractivity contribution in [1.82, 2.24) is 14.9 Å². The minimum Gasteiger partial charge on any atom is -0.365 e. The number of allylic oxidation sites excluding steroid dienone is 2. The summed E-state index contributed by atoms with van der Waals surface area (Å²) in [7, 11) is 0. The molecule has 162 valence electrons. The second kappa shape index (κ2) is 8.85. The number of hydrogen-bond acceptors (Lipinski definition) is 6. The van der Waals surface area contributed by atoms with E-state index in [2.05, 4.69) is 14.9 Å². The van der Waals surface area contributed by atoms with Crippen LogP contribution in [0, 0.1) is 5.95 Å². The van der Waals surface area contributed by atoms with Crippen LogP contribution in [0.2, 0.25) is 0 Å². The van der Waals surface area contributed by atoms with E-state index in [-0.39, 0.29) is 28.7 Å². The molecule has 0 atom stereocenters. The number of ketones is 2. The lowest BCUT2D eigenvalue weighted by Gasteiger charge is -2.36. The van der Waals surface area contributed by atoms with E-state index in [1.165, 1.54) is 0 Å². The molecular formula is C23H24ClFN4O2. The van der Waals surface area contributed by atoms with Gasteiger partial charge in [0.1, 0.15) is 5.69 Å². The smallest absolute Gasteiger partial charge is 0.237 e. The number of Topliss-reactive ketones (excluding diaryl/α,β-unsaturated/α-hetero) is 2. The van der Waals surface area contributed by atoms with Crippen molar-refractivity contribution < 1.29 is 14.0 Å². The van der Waals surface area contributed by atoms with E-state index in [0.29, 0.717) is 31.7 Å². The molecule has 2 aromatic heterocycles. The van der Waals surface area contributed by atoms with Crippen LogP contribution < -0.4 is 4.90 Å². The van der Waals surface area contributed by atoms with Crippen LogP contribution in [-0.4, -0.2) is 52.6 Å². The van der Waals surface area contributed by atoms with Gasteiger partial charge >= 0.3 is 0 Å². The Morgan fingerprint density at radius 3 is 2.65 bits per heavy atom. The molecule has 0 N–H and O–H groups in total. The van der Waals surface area contributed by atoms with Crippen LogP contribution in [0.5, 0.6) is 0 Å². The van der Waals surface area contributed by atoms with Gasteiger partial charge in [-0.05, 0) is 35.8 Å². The molecule has 31 heavy (non-hydrogen) atoms. The normalized spacial score (nSPS) is 17.2. The number of nitrogens with zero attached hydrogens (tertiary/aromatic N) is 4. The van der Waals surface area contributed by atoms with Crippen molar-refractivity contribution in [1.29, 1.82) is 0 Å². The molecule has 1 aliphatic carbocycles. The van der Waals surface area contributed by atoms with Gasteiger partial charge in [0.05, 0.1) is 16.4 Å². The van der Waals surface area contributed by atoms with Crippen LogP contribution in [0.15, 0.2) is 29.4 Å². The van der Waals surface area contributed by atoms with Crippen LogP contribution in [0.25, 0.3) is 5.57 Å². The first-order chi connectivity index (χ1) is 14.9. The molecule has 0 spiro atoms. The third kappa shape index (κ3) is 4.38. The maximum atomic E-state index is 14.5. The predicted octanol–water partition coefficient (Wildman–Crippen LogP) is 3.63. The topological polar surface area (TPSA) is 66.4 Å². The lowest BCUT2D eigenvalue weighted by atomic mass is 9.94.